The molecule has 2 heterocycles. The fourth-order valence-corrected chi connectivity index (χ4v) is 3.50. The average molecular weight is 358 g/mol. The Morgan fingerprint density at radius 1 is 1.21 bits per heavy atom. The molecule has 0 N–H and O–H groups in total. The first-order valence-electron chi connectivity index (χ1n) is 7.63. The smallest absolute Gasteiger partial charge is 0.389 e. The number of halogens is 3. The molecule has 0 fully saturated rings. The number of ether oxygens (including phenoxy) is 2. The van der Waals surface area contributed by atoms with Crippen LogP contribution in [0.2, 0.25) is 0 Å². The highest BCUT2D eigenvalue weighted by Gasteiger charge is 2.27. The van der Waals surface area contributed by atoms with E-state index in [0.717, 1.165) is 23.0 Å². The minimum Gasteiger partial charge on any atom is -0.486 e. The third-order valence-corrected chi connectivity index (χ3v) is 4.58. The van der Waals surface area contributed by atoms with E-state index in [0.29, 0.717) is 36.4 Å². The summed E-state index contributed by atoms with van der Waals surface area (Å²) in [4.78, 5) is 4.28. The van der Waals surface area contributed by atoms with Crippen LogP contribution in [0.15, 0.2) is 29.6 Å². The van der Waals surface area contributed by atoms with E-state index in [2.05, 4.69) is 4.98 Å². The van der Waals surface area contributed by atoms with Crippen molar-refractivity contribution in [2.24, 2.45) is 0 Å². The molecule has 0 spiro atoms. The number of benzene rings is 1. The molecule has 24 heavy (non-hydrogen) atoms. The molecule has 130 valence electrons. The van der Waals surface area contributed by atoms with Crippen molar-refractivity contribution in [3.05, 3.63) is 24.4 Å². The number of aromatic nitrogens is 2. The Morgan fingerprint density at radius 2 is 1.96 bits per heavy atom. The Balaban J connectivity index is 1.81. The van der Waals surface area contributed by atoms with Gasteiger partial charge in [0.25, 0.3) is 0 Å². The van der Waals surface area contributed by atoms with Crippen molar-refractivity contribution in [1.29, 1.82) is 0 Å². The molecule has 0 aliphatic carbocycles. The van der Waals surface area contributed by atoms with E-state index >= 15 is 0 Å². The Kier molecular flexibility index (Phi) is 4.93. The van der Waals surface area contributed by atoms with Crippen LogP contribution >= 0.6 is 11.8 Å². The van der Waals surface area contributed by atoms with Crippen LogP contribution < -0.4 is 9.47 Å². The van der Waals surface area contributed by atoms with Crippen molar-refractivity contribution in [1.82, 2.24) is 9.55 Å². The molecule has 0 atom stereocenters. The van der Waals surface area contributed by atoms with Gasteiger partial charge in [-0.1, -0.05) is 11.8 Å². The van der Waals surface area contributed by atoms with Crippen LogP contribution in [0.4, 0.5) is 13.2 Å². The molecule has 1 aliphatic heterocycles. The molecule has 1 aliphatic rings. The molecule has 0 amide bonds. The molecule has 0 unspecified atom stereocenters. The van der Waals surface area contributed by atoms with Gasteiger partial charge in [0.05, 0.1) is 18.3 Å². The van der Waals surface area contributed by atoms with E-state index in [9.17, 15) is 13.2 Å². The van der Waals surface area contributed by atoms with E-state index in [1.54, 1.807) is 6.20 Å². The molecule has 3 rings (SSSR count). The van der Waals surface area contributed by atoms with E-state index in [1.807, 2.05) is 29.7 Å². The maximum absolute atomic E-state index is 12.3. The average Bonchev–Trinajstić information content (AvgIpc) is 2.96. The number of hydrogen-bond acceptors (Lipinski definition) is 4. The van der Waals surface area contributed by atoms with Gasteiger partial charge in [-0.2, -0.15) is 13.2 Å². The second-order valence-corrected chi connectivity index (χ2v) is 6.30. The fraction of sp³-hybridized carbons (Fsp3) is 0.438. The van der Waals surface area contributed by atoms with Gasteiger partial charge in [-0.25, -0.2) is 4.98 Å². The Labute approximate surface area is 142 Å². The number of rotatable bonds is 5. The molecule has 0 bridgehead atoms. The fourth-order valence-electron chi connectivity index (χ4n) is 2.47. The first-order valence-corrected chi connectivity index (χ1v) is 8.61. The lowest BCUT2D eigenvalue weighted by Gasteiger charge is -2.19. The summed E-state index contributed by atoms with van der Waals surface area (Å²) >= 11 is 1.12. The first-order chi connectivity index (χ1) is 11.5. The van der Waals surface area contributed by atoms with Crippen LogP contribution in [-0.4, -0.2) is 34.7 Å². The number of alkyl halides is 3. The number of nitrogens with zero attached hydrogens (tertiary/aromatic N) is 2. The highest BCUT2D eigenvalue weighted by atomic mass is 32.2. The van der Waals surface area contributed by atoms with Crippen molar-refractivity contribution < 1.29 is 22.6 Å². The van der Waals surface area contributed by atoms with Gasteiger partial charge in [-0.3, -0.25) is 0 Å². The van der Waals surface area contributed by atoms with Crippen molar-refractivity contribution in [2.45, 2.75) is 31.2 Å². The lowest BCUT2D eigenvalue weighted by Crippen LogP contribution is -2.15. The van der Waals surface area contributed by atoms with E-state index in [1.165, 1.54) is 0 Å². The minimum absolute atomic E-state index is 0.0406. The monoisotopic (exact) mass is 358 g/mol. The third kappa shape index (κ3) is 3.80. The summed E-state index contributed by atoms with van der Waals surface area (Å²) in [6, 6.07) is 5.62. The topological polar surface area (TPSA) is 36.3 Å². The molecule has 2 aromatic rings. The number of imidazole rings is 1. The normalized spacial score (nSPS) is 14.0. The summed E-state index contributed by atoms with van der Waals surface area (Å²) in [5.41, 5.74) is 1.75. The van der Waals surface area contributed by atoms with Crippen LogP contribution in [0.25, 0.3) is 11.3 Å². The van der Waals surface area contributed by atoms with Gasteiger partial charge in [-0.15, -0.1) is 0 Å². The van der Waals surface area contributed by atoms with Crippen LogP contribution in [0.1, 0.15) is 13.3 Å². The third-order valence-electron chi connectivity index (χ3n) is 3.59. The predicted molar refractivity (Wildman–Crippen MR) is 85.7 cm³/mol. The molecular formula is C16H17F3N2O2S. The zero-order valence-corrected chi connectivity index (χ0v) is 13.9. The Morgan fingerprint density at radius 3 is 2.67 bits per heavy atom. The molecular weight excluding hydrogens is 341 g/mol. The molecule has 1 aromatic carbocycles. The molecule has 0 saturated carbocycles. The van der Waals surface area contributed by atoms with Crippen LogP contribution in [0, 0.1) is 0 Å². The molecule has 8 heteroatoms. The summed E-state index contributed by atoms with van der Waals surface area (Å²) in [6.45, 7) is 3.59. The van der Waals surface area contributed by atoms with Gasteiger partial charge in [0.1, 0.15) is 13.2 Å². The van der Waals surface area contributed by atoms with E-state index in [4.69, 9.17) is 9.47 Å². The van der Waals surface area contributed by atoms with Gasteiger partial charge >= 0.3 is 6.18 Å². The zero-order valence-electron chi connectivity index (χ0n) is 13.1. The number of fused-ring (bicyclic) bond motifs is 1. The Bertz CT molecular complexity index is 716. The van der Waals surface area contributed by atoms with Gasteiger partial charge in [0.15, 0.2) is 16.7 Å². The largest absolute Gasteiger partial charge is 0.486 e. The van der Waals surface area contributed by atoms with Gasteiger partial charge in [0, 0.05) is 17.9 Å². The SMILES string of the molecule is CCn1c(-c2ccc3c(c2)OCCO3)cnc1SCCC(F)(F)F. The molecule has 0 radical (unpaired) electrons. The second kappa shape index (κ2) is 6.96. The van der Waals surface area contributed by atoms with E-state index in [-0.39, 0.29) is 5.75 Å². The maximum atomic E-state index is 12.3. The standard InChI is InChI=1S/C16H17F3N2O2S/c1-2-21-12(10-20-15(21)24-8-5-16(17,18)19)11-3-4-13-14(9-11)23-7-6-22-13/h3-4,9-10H,2,5-8H2,1H3. The van der Waals surface area contributed by atoms with Crippen molar-refractivity contribution in [2.75, 3.05) is 19.0 Å². The van der Waals surface area contributed by atoms with Gasteiger partial charge < -0.3 is 14.0 Å². The lowest BCUT2D eigenvalue weighted by atomic mass is 10.1. The zero-order chi connectivity index (χ0) is 17.2. The lowest BCUT2D eigenvalue weighted by molar-refractivity contribution is -0.129. The highest BCUT2D eigenvalue weighted by molar-refractivity contribution is 7.99. The molecule has 4 nitrogen and oxygen atoms in total. The van der Waals surface area contributed by atoms with Gasteiger partial charge in [0.2, 0.25) is 0 Å². The minimum atomic E-state index is -4.14. The van der Waals surface area contributed by atoms with E-state index < -0.39 is 12.6 Å². The van der Waals surface area contributed by atoms with Crippen LogP contribution in [0.3, 0.4) is 0 Å². The first kappa shape index (κ1) is 17.0. The predicted octanol–water partition coefficient (Wildman–Crippen LogP) is 4.39. The van der Waals surface area contributed by atoms with Crippen LogP contribution in [0.5, 0.6) is 11.5 Å². The number of thioether (sulfide) groups is 1. The summed E-state index contributed by atoms with van der Waals surface area (Å²) in [6.07, 6.45) is -3.28. The quantitative estimate of drug-likeness (QED) is 0.743. The summed E-state index contributed by atoms with van der Waals surface area (Å²) in [5.74, 6) is 1.34. The second-order valence-electron chi connectivity index (χ2n) is 5.24. The summed E-state index contributed by atoms with van der Waals surface area (Å²) in [5, 5.41) is 0.589. The van der Waals surface area contributed by atoms with Crippen molar-refractivity contribution in [3.63, 3.8) is 0 Å². The van der Waals surface area contributed by atoms with Gasteiger partial charge in [-0.05, 0) is 25.1 Å². The molecule has 1 aromatic heterocycles. The summed E-state index contributed by atoms with van der Waals surface area (Å²) in [7, 11) is 0. The highest BCUT2D eigenvalue weighted by Crippen LogP contribution is 2.36. The number of hydrogen-bond donors (Lipinski definition) is 0. The Hall–Kier alpha value is -1.83. The maximum Gasteiger partial charge on any atom is 0.389 e. The van der Waals surface area contributed by atoms with Crippen molar-refractivity contribution in [3.8, 4) is 22.8 Å². The van der Waals surface area contributed by atoms with Crippen LogP contribution in [-0.2, 0) is 6.54 Å². The van der Waals surface area contributed by atoms with Crippen molar-refractivity contribution >= 4 is 11.8 Å². The molecule has 0 saturated heterocycles. The summed E-state index contributed by atoms with van der Waals surface area (Å²) < 4.78 is 49.9.